The number of hydrogen-bond acceptors (Lipinski definition) is 2. The number of aryl methyl sites for hydroxylation is 1. The lowest BCUT2D eigenvalue weighted by molar-refractivity contribution is 0.262. The minimum absolute atomic E-state index is 0.276. The maximum Gasteiger partial charge on any atom is 0.323 e. The highest BCUT2D eigenvalue weighted by Gasteiger charge is 2.15. The third-order valence-corrected chi connectivity index (χ3v) is 4.83. The molecule has 1 heterocycles. The van der Waals surface area contributed by atoms with E-state index < -0.39 is 0 Å². The first-order valence-electron chi connectivity index (χ1n) is 9.25. The first kappa shape index (κ1) is 17.8. The van der Waals surface area contributed by atoms with Gasteiger partial charge in [-0.2, -0.15) is 5.10 Å². The van der Waals surface area contributed by atoms with E-state index in [0.29, 0.717) is 6.54 Å². The molecule has 2 amide bonds. The van der Waals surface area contributed by atoms with Gasteiger partial charge in [0.1, 0.15) is 0 Å². The van der Waals surface area contributed by atoms with Crippen LogP contribution in [0.1, 0.15) is 17.0 Å². The van der Waals surface area contributed by atoms with Crippen LogP contribution >= 0.6 is 0 Å². The Morgan fingerprint density at radius 3 is 2.43 bits per heavy atom. The fraction of sp³-hybridized carbons (Fsp3) is 0.130. The highest BCUT2D eigenvalue weighted by Crippen LogP contribution is 2.24. The molecule has 5 heteroatoms. The van der Waals surface area contributed by atoms with Gasteiger partial charge >= 0.3 is 6.03 Å². The predicted octanol–water partition coefficient (Wildman–Crippen LogP) is 5.35. The normalized spacial score (nSPS) is 10.8. The summed E-state index contributed by atoms with van der Waals surface area (Å²) in [4.78, 5) is 12.6. The van der Waals surface area contributed by atoms with Crippen molar-refractivity contribution < 1.29 is 4.79 Å². The van der Waals surface area contributed by atoms with Gasteiger partial charge in [0.2, 0.25) is 0 Å². The third-order valence-electron chi connectivity index (χ3n) is 4.83. The van der Waals surface area contributed by atoms with Gasteiger partial charge in [0, 0.05) is 5.39 Å². The number of urea groups is 1. The van der Waals surface area contributed by atoms with Crippen molar-refractivity contribution in [3.8, 4) is 0 Å². The zero-order valence-electron chi connectivity index (χ0n) is 15.9. The quantitative estimate of drug-likeness (QED) is 0.509. The molecule has 3 aromatic carbocycles. The van der Waals surface area contributed by atoms with E-state index in [9.17, 15) is 4.79 Å². The van der Waals surface area contributed by atoms with Crippen LogP contribution in [0.3, 0.4) is 0 Å². The molecule has 1 aromatic heterocycles. The van der Waals surface area contributed by atoms with Crippen molar-refractivity contribution in [1.82, 2.24) is 9.78 Å². The standard InChI is InChI=1S/C23H22N4O/c1-16-22(17(2)27(26-16)15-18-9-4-3-5-10-18)25-23(28)24-21-14-8-12-19-11-6-7-13-20(19)21/h3-14H,15H2,1-2H3,(H2,24,25,28). The summed E-state index contributed by atoms with van der Waals surface area (Å²) in [6.45, 7) is 4.54. The van der Waals surface area contributed by atoms with Crippen molar-refractivity contribution in [3.63, 3.8) is 0 Å². The summed E-state index contributed by atoms with van der Waals surface area (Å²) in [6.07, 6.45) is 0. The number of nitrogens with one attached hydrogen (secondary N) is 2. The van der Waals surface area contributed by atoms with Gasteiger partial charge in [-0.15, -0.1) is 0 Å². The van der Waals surface area contributed by atoms with Gasteiger partial charge in [-0.05, 0) is 30.9 Å². The summed E-state index contributed by atoms with van der Waals surface area (Å²) < 4.78 is 1.91. The smallest absolute Gasteiger partial charge is 0.307 e. The second kappa shape index (κ2) is 7.56. The van der Waals surface area contributed by atoms with Gasteiger partial charge in [0.25, 0.3) is 0 Å². The van der Waals surface area contributed by atoms with Crippen LogP contribution in [0.15, 0.2) is 72.8 Å². The number of nitrogens with zero attached hydrogens (tertiary/aromatic N) is 2. The summed E-state index contributed by atoms with van der Waals surface area (Å²) in [5, 5.41) is 12.6. The Hall–Kier alpha value is -3.60. The molecular formula is C23H22N4O. The van der Waals surface area contributed by atoms with Crippen molar-refractivity contribution in [3.05, 3.63) is 89.7 Å². The van der Waals surface area contributed by atoms with Crippen LogP contribution in [-0.2, 0) is 6.54 Å². The van der Waals surface area contributed by atoms with Crippen molar-refractivity contribution >= 4 is 28.2 Å². The molecule has 0 bridgehead atoms. The molecule has 2 N–H and O–H groups in total. The van der Waals surface area contributed by atoms with Gasteiger partial charge in [-0.3, -0.25) is 4.68 Å². The van der Waals surface area contributed by atoms with Crippen LogP contribution in [0.25, 0.3) is 10.8 Å². The van der Waals surface area contributed by atoms with Crippen molar-refractivity contribution in [2.45, 2.75) is 20.4 Å². The number of rotatable bonds is 4. The highest BCUT2D eigenvalue weighted by atomic mass is 16.2. The zero-order chi connectivity index (χ0) is 19.5. The Morgan fingerprint density at radius 2 is 1.61 bits per heavy atom. The van der Waals surface area contributed by atoms with Gasteiger partial charge in [-0.25, -0.2) is 4.79 Å². The van der Waals surface area contributed by atoms with Gasteiger partial charge in [-0.1, -0.05) is 66.7 Å². The first-order chi connectivity index (χ1) is 13.6. The molecular weight excluding hydrogens is 348 g/mol. The van der Waals surface area contributed by atoms with Gasteiger partial charge in [0.05, 0.1) is 29.3 Å². The van der Waals surface area contributed by atoms with E-state index in [1.54, 1.807) is 0 Å². The molecule has 0 spiro atoms. The molecule has 0 saturated heterocycles. The molecule has 0 aliphatic carbocycles. The molecule has 0 unspecified atom stereocenters. The van der Waals surface area contributed by atoms with Gasteiger partial charge in [0.15, 0.2) is 0 Å². The summed E-state index contributed by atoms with van der Waals surface area (Å²) in [5.74, 6) is 0. The van der Waals surface area contributed by atoms with E-state index >= 15 is 0 Å². The fourth-order valence-corrected chi connectivity index (χ4v) is 3.39. The molecule has 0 aliphatic rings. The molecule has 0 saturated carbocycles. The lowest BCUT2D eigenvalue weighted by atomic mass is 10.1. The predicted molar refractivity (Wildman–Crippen MR) is 114 cm³/mol. The SMILES string of the molecule is Cc1nn(Cc2ccccc2)c(C)c1NC(=O)Nc1cccc2ccccc12. The summed E-state index contributed by atoms with van der Waals surface area (Å²) in [6, 6.07) is 23.7. The van der Waals surface area contributed by atoms with Crippen LogP contribution in [0, 0.1) is 13.8 Å². The molecule has 0 fully saturated rings. The summed E-state index contributed by atoms with van der Waals surface area (Å²) >= 11 is 0. The average Bonchev–Trinajstić information content (AvgIpc) is 2.96. The van der Waals surface area contributed by atoms with Crippen molar-refractivity contribution in [2.24, 2.45) is 0 Å². The Balaban J connectivity index is 1.53. The average molecular weight is 370 g/mol. The monoisotopic (exact) mass is 370 g/mol. The fourth-order valence-electron chi connectivity index (χ4n) is 3.39. The van der Waals surface area contributed by atoms with Crippen LogP contribution in [0.5, 0.6) is 0 Å². The van der Waals surface area contributed by atoms with E-state index in [1.165, 1.54) is 5.56 Å². The molecule has 0 radical (unpaired) electrons. The number of aromatic nitrogens is 2. The Kier molecular flexibility index (Phi) is 4.81. The lowest BCUT2D eigenvalue weighted by Gasteiger charge is -2.11. The molecule has 0 aliphatic heterocycles. The van der Waals surface area contributed by atoms with E-state index in [4.69, 9.17) is 0 Å². The van der Waals surface area contributed by atoms with Crippen molar-refractivity contribution in [1.29, 1.82) is 0 Å². The molecule has 0 atom stereocenters. The maximum absolute atomic E-state index is 12.6. The Bertz CT molecular complexity index is 1130. The number of benzene rings is 3. The summed E-state index contributed by atoms with van der Waals surface area (Å²) in [5.41, 5.74) is 4.41. The topological polar surface area (TPSA) is 59.0 Å². The van der Waals surface area contributed by atoms with E-state index in [2.05, 4.69) is 27.9 Å². The zero-order valence-corrected chi connectivity index (χ0v) is 15.9. The number of hydrogen-bond donors (Lipinski definition) is 2. The Morgan fingerprint density at radius 1 is 0.893 bits per heavy atom. The minimum atomic E-state index is -0.276. The number of carbonyl (C=O) groups excluding carboxylic acids is 1. The number of anilines is 2. The van der Waals surface area contributed by atoms with Crippen LogP contribution in [0.2, 0.25) is 0 Å². The van der Waals surface area contributed by atoms with E-state index in [-0.39, 0.29) is 6.03 Å². The number of fused-ring (bicyclic) bond motifs is 1. The number of carbonyl (C=O) groups is 1. The second-order valence-electron chi connectivity index (χ2n) is 6.79. The molecule has 4 rings (SSSR count). The largest absolute Gasteiger partial charge is 0.323 e. The second-order valence-corrected chi connectivity index (χ2v) is 6.79. The first-order valence-corrected chi connectivity index (χ1v) is 9.25. The molecule has 28 heavy (non-hydrogen) atoms. The third kappa shape index (κ3) is 3.60. The molecule has 140 valence electrons. The van der Waals surface area contributed by atoms with Crippen molar-refractivity contribution in [2.75, 3.05) is 10.6 Å². The van der Waals surface area contributed by atoms with E-state index in [1.807, 2.05) is 79.2 Å². The molecule has 4 aromatic rings. The van der Waals surface area contributed by atoms with Crippen LogP contribution in [0.4, 0.5) is 16.2 Å². The minimum Gasteiger partial charge on any atom is -0.307 e. The summed E-state index contributed by atoms with van der Waals surface area (Å²) in [7, 11) is 0. The Labute approximate surface area is 164 Å². The van der Waals surface area contributed by atoms with Gasteiger partial charge < -0.3 is 10.6 Å². The van der Waals surface area contributed by atoms with Crippen LogP contribution < -0.4 is 10.6 Å². The lowest BCUT2D eigenvalue weighted by Crippen LogP contribution is -2.20. The van der Waals surface area contributed by atoms with Crippen LogP contribution in [-0.4, -0.2) is 15.8 Å². The molecule has 5 nitrogen and oxygen atoms in total. The van der Waals surface area contributed by atoms with E-state index in [0.717, 1.165) is 33.5 Å². The highest BCUT2D eigenvalue weighted by molar-refractivity contribution is 6.06. The number of amides is 2. The maximum atomic E-state index is 12.6.